The second-order valence-electron chi connectivity index (χ2n) is 10.5. The van der Waals surface area contributed by atoms with Gasteiger partial charge in [0, 0.05) is 47.1 Å². The van der Waals surface area contributed by atoms with Crippen LogP contribution in [0.1, 0.15) is 19.8 Å². The number of amides is 1. The maximum absolute atomic E-state index is 14.8. The fraction of sp³-hybridized carbons (Fsp3) is 0.235. The first-order valence-electron chi connectivity index (χ1n) is 14.1. The van der Waals surface area contributed by atoms with E-state index in [1.807, 2.05) is 133 Å². The average molecular weight is 601 g/mol. The van der Waals surface area contributed by atoms with Gasteiger partial charge in [0.05, 0.1) is 12.6 Å². The third kappa shape index (κ3) is 7.83. The van der Waals surface area contributed by atoms with Crippen molar-refractivity contribution < 1.29 is 18.7 Å². The Balaban J connectivity index is 1.61. The molecule has 0 saturated carbocycles. The van der Waals surface area contributed by atoms with Crippen molar-refractivity contribution in [2.45, 2.75) is 19.8 Å². The number of nitrogens with zero attached hydrogens (tertiary/aromatic N) is 2. The lowest BCUT2D eigenvalue weighted by atomic mass is 10.2. The van der Waals surface area contributed by atoms with Crippen LogP contribution in [0, 0.1) is 0 Å². The van der Waals surface area contributed by atoms with Crippen LogP contribution >= 0.6 is 14.3 Å². The predicted molar refractivity (Wildman–Crippen MR) is 174 cm³/mol. The molecule has 0 unspecified atom stereocenters. The summed E-state index contributed by atoms with van der Waals surface area (Å²) in [6.45, 7) is 2.16. The van der Waals surface area contributed by atoms with Crippen molar-refractivity contribution in [3.8, 4) is 0 Å². The summed E-state index contributed by atoms with van der Waals surface area (Å²) in [7, 11) is -4.34. The minimum absolute atomic E-state index is 0.0145. The van der Waals surface area contributed by atoms with Gasteiger partial charge in [-0.3, -0.25) is 9.69 Å². The van der Waals surface area contributed by atoms with Crippen LogP contribution in [0.2, 0.25) is 0 Å². The summed E-state index contributed by atoms with van der Waals surface area (Å²) in [5, 5.41) is 2.89. The summed E-state index contributed by atoms with van der Waals surface area (Å²) in [4.78, 5) is 28.8. The van der Waals surface area contributed by atoms with Crippen molar-refractivity contribution in [1.29, 1.82) is 0 Å². The molecule has 218 valence electrons. The van der Waals surface area contributed by atoms with E-state index in [1.165, 1.54) is 6.92 Å². The Labute approximate surface area is 249 Å². The van der Waals surface area contributed by atoms with Gasteiger partial charge in [0.1, 0.15) is 5.78 Å². The maximum atomic E-state index is 14.8. The number of benzene rings is 4. The molecule has 0 heterocycles. The van der Waals surface area contributed by atoms with E-state index in [4.69, 9.17) is 0 Å². The highest BCUT2D eigenvalue weighted by molar-refractivity contribution is 7.79. The van der Waals surface area contributed by atoms with Crippen LogP contribution in [-0.4, -0.2) is 54.2 Å². The molecule has 0 saturated heterocycles. The minimum Gasteiger partial charge on any atom is -0.334 e. The molecule has 0 bridgehead atoms. The van der Waals surface area contributed by atoms with Crippen LogP contribution in [0.4, 0.5) is 0 Å². The van der Waals surface area contributed by atoms with E-state index in [9.17, 15) is 18.7 Å². The largest absolute Gasteiger partial charge is 0.334 e. The number of likely N-dealkylation sites (N-methyl/N-ethyl adjacent to an activating group) is 1. The summed E-state index contributed by atoms with van der Waals surface area (Å²) < 4.78 is 29.4. The van der Waals surface area contributed by atoms with Gasteiger partial charge in [-0.05, 0) is 14.0 Å². The molecule has 42 heavy (non-hydrogen) atoms. The normalized spacial score (nSPS) is 11.8. The summed E-state index contributed by atoms with van der Waals surface area (Å²) >= 11 is 0. The van der Waals surface area contributed by atoms with Gasteiger partial charge in [-0.2, -0.15) is 0 Å². The highest BCUT2D eigenvalue weighted by atomic mass is 31.2. The average Bonchev–Trinajstić information content (AvgIpc) is 3.03. The Bertz CT molecular complexity index is 1460. The molecule has 1 amide bonds. The second kappa shape index (κ2) is 14.6. The lowest BCUT2D eigenvalue weighted by Gasteiger charge is -2.31. The number of rotatable bonds is 14. The van der Waals surface area contributed by atoms with E-state index < -0.39 is 14.3 Å². The van der Waals surface area contributed by atoms with E-state index in [-0.39, 0.29) is 43.6 Å². The first-order valence-corrected chi connectivity index (χ1v) is 17.9. The number of carbonyl (C=O) groups is 2. The van der Waals surface area contributed by atoms with E-state index in [2.05, 4.69) is 0 Å². The monoisotopic (exact) mass is 600 g/mol. The molecule has 0 N–H and O–H groups in total. The summed E-state index contributed by atoms with van der Waals surface area (Å²) in [5.74, 6) is -0.290. The van der Waals surface area contributed by atoms with Crippen LogP contribution < -0.4 is 21.2 Å². The van der Waals surface area contributed by atoms with E-state index in [0.717, 1.165) is 10.6 Å². The summed E-state index contributed by atoms with van der Waals surface area (Å²) in [6, 6.07) is 37.5. The van der Waals surface area contributed by atoms with Crippen molar-refractivity contribution in [3.63, 3.8) is 0 Å². The van der Waals surface area contributed by atoms with Gasteiger partial charge in [-0.25, -0.2) is 0 Å². The van der Waals surface area contributed by atoms with Crippen LogP contribution in [0.5, 0.6) is 0 Å². The molecule has 0 aromatic heterocycles. The van der Waals surface area contributed by atoms with Crippen molar-refractivity contribution >= 4 is 47.2 Å². The zero-order valence-electron chi connectivity index (χ0n) is 24.2. The summed E-state index contributed by atoms with van der Waals surface area (Å²) in [6.07, 6.45) is 0.477. The Hall–Kier alpha value is -3.56. The molecule has 0 aliphatic heterocycles. The molecule has 0 aliphatic carbocycles. The highest BCUT2D eigenvalue weighted by Crippen LogP contribution is 2.45. The molecule has 4 rings (SSSR count). The second-order valence-corrected chi connectivity index (χ2v) is 16.1. The van der Waals surface area contributed by atoms with E-state index in [0.29, 0.717) is 17.2 Å². The Morgan fingerprint density at radius 1 is 0.548 bits per heavy atom. The van der Waals surface area contributed by atoms with Crippen LogP contribution in [0.25, 0.3) is 0 Å². The fourth-order valence-corrected chi connectivity index (χ4v) is 10.4. The third-order valence-corrected chi connectivity index (χ3v) is 13.4. The third-order valence-electron chi connectivity index (χ3n) is 7.30. The molecule has 4 aromatic carbocycles. The SMILES string of the molecule is CC(=O)CCC(=O)N(CCN(C)CP(=O)(c1ccccc1)c1ccccc1)CP(=O)(c1ccccc1)c1ccccc1. The van der Waals surface area contributed by atoms with Gasteiger partial charge < -0.3 is 18.8 Å². The quantitative estimate of drug-likeness (QED) is 0.189. The molecule has 4 aromatic rings. The van der Waals surface area contributed by atoms with Gasteiger partial charge in [0.25, 0.3) is 0 Å². The van der Waals surface area contributed by atoms with Crippen LogP contribution in [0.3, 0.4) is 0 Å². The smallest absolute Gasteiger partial charge is 0.223 e. The number of hydrogen-bond acceptors (Lipinski definition) is 5. The zero-order chi connectivity index (χ0) is 30.0. The summed E-state index contributed by atoms with van der Waals surface area (Å²) in [5.41, 5.74) is 0. The molecular weight excluding hydrogens is 562 g/mol. The molecule has 0 atom stereocenters. The van der Waals surface area contributed by atoms with Gasteiger partial charge in [-0.15, -0.1) is 0 Å². The highest BCUT2D eigenvalue weighted by Gasteiger charge is 2.33. The standard InChI is InChI=1S/C34H38N2O4P2/c1-29(37)23-24-34(38)36(28-42(40,32-19-11-5-12-20-32)33-21-13-6-14-22-33)26-25-35(2)27-41(39,30-15-7-3-8-16-30)31-17-9-4-10-18-31/h3-22H,23-28H2,1-2H3. The fourth-order valence-electron chi connectivity index (χ4n) is 4.96. The van der Waals surface area contributed by atoms with E-state index in [1.54, 1.807) is 4.90 Å². The number of carbonyl (C=O) groups excluding carboxylic acids is 2. The van der Waals surface area contributed by atoms with Gasteiger partial charge in [0.2, 0.25) is 5.91 Å². The van der Waals surface area contributed by atoms with Crippen LogP contribution in [-0.2, 0) is 18.7 Å². The van der Waals surface area contributed by atoms with Crippen LogP contribution in [0.15, 0.2) is 121 Å². The number of ketones is 1. The maximum Gasteiger partial charge on any atom is 0.223 e. The Morgan fingerprint density at radius 2 is 0.905 bits per heavy atom. The first kappa shape index (κ1) is 31.4. The zero-order valence-corrected chi connectivity index (χ0v) is 26.0. The molecule has 0 radical (unpaired) electrons. The Kier molecular flexibility index (Phi) is 10.9. The molecule has 0 spiro atoms. The lowest BCUT2D eigenvalue weighted by molar-refractivity contribution is -0.132. The van der Waals surface area contributed by atoms with Gasteiger partial charge >= 0.3 is 0 Å². The molecule has 0 aliphatic rings. The lowest BCUT2D eigenvalue weighted by Crippen LogP contribution is -2.41. The molecule has 6 nitrogen and oxygen atoms in total. The van der Waals surface area contributed by atoms with E-state index >= 15 is 0 Å². The topological polar surface area (TPSA) is 74.8 Å². The van der Waals surface area contributed by atoms with Crippen molar-refractivity contribution in [2.24, 2.45) is 0 Å². The predicted octanol–water partition coefficient (Wildman–Crippen LogP) is 5.06. The van der Waals surface area contributed by atoms with Crippen molar-refractivity contribution in [2.75, 3.05) is 32.7 Å². The molecular formula is C34H38N2O4P2. The van der Waals surface area contributed by atoms with Crippen molar-refractivity contribution in [1.82, 2.24) is 9.80 Å². The minimum atomic E-state index is -3.23. The van der Waals surface area contributed by atoms with Gasteiger partial charge in [0.15, 0.2) is 14.3 Å². The Morgan fingerprint density at radius 3 is 1.26 bits per heavy atom. The number of hydrogen-bond donors (Lipinski definition) is 0. The molecule has 0 fully saturated rings. The molecule has 8 heteroatoms. The first-order chi connectivity index (χ1) is 20.2. The van der Waals surface area contributed by atoms with Gasteiger partial charge in [-0.1, -0.05) is 121 Å². The van der Waals surface area contributed by atoms with Crippen molar-refractivity contribution in [3.05, 3.63) is 121 Å². The number of Topliss-reactive ketones (excluding diaryl/α,β-unsaturated/α-hetero) is 1.